The van der Waals surface area contributed by atoms with E-state index in [9.17, 15) is 0 Å². The maximum absolute atomic E-state index is 4.38. The van der Waals surface area contributed by atoms with Crippen molar-refractivity contribution >= 4 is 21.9 Å². The topological polar surface area (TPSA) is 41.1 Å². The summed E-state index contributed by atoms with van der Waals surface area (Å²) in [7, 11) is 3.90. The molecular formula is C14H17BrN4. The predicted octanol–water partition coefficient (Wildman–Crippen LogP) is 2.59. The zero-order valence-electron chi connectivity index (χ0n) is 11.1. The molecule has 19 heavy (non-hydrogen) atoms. The van der Waals surface area contributed by atoms with Crippen LogP contribution in [-0.4, -0.2) is 24.1 Å². The molecule has 0 spiro atoms. The minimum atomic E-state index is 0.736. The smallest absolute Gasteiger partial charge is 0.225 e. The van der Waals surface area contributed by atoms with Crippen molar-refractivity contribution in [3.8, 4) is 0 Å². The van der Waals surface area contributed by atoms with Gasteiger partial charge in [-0.3, -0.25) is 0 Å². The van der Waals surface area contributed by atoms with Gasteiger partial charge in [0.2, 0.25) is 5.95 Å². The number of halogens is 1. The summed E-state index contributed by atoms with van der Waals surface area (Å²) in [5.41, 5.74) is 2.31. The number of rotatable bonds is 5. The molecule has 2 rings (SSSR count). The Balaban J connectivity index is 2.05. The first-order valence-corrected chi connectivity index (χ1v) is 6.89. The van der Waals surface area contributed by atoms with Crippen LogP contribution in [-0.2, 0) is 13.1 Å². The van der Waals surface area contributed by atoms with Crippen molar-refractivity contribution in [2.75, 3.05) is 19.0 Å². The predicted molar refractivity (Wildman–Crippen MR) is 81.0 cm³/mol. The van der Waals surface area contributed by atoms with Crippen molar-refractivity contribution in [1.82, 2.24) is 15.3 Å². The zero-order valence-corrected chi connectivity index (χ0v) is 12.7. The summed E-state index contributed by atoms with van der Waals surface area (Å²) in [6.45, 7) is 1.57. The van der Waals surface area contributed by atoms with E-state index in [2.05, 4.69) is 43.3 Å². The molecule has 0 aliphatic carbocycles. The molecule has 5 heteroatoms. The summed E-state index contributed by atoms with van der Waals surface area (Å²) in [5, 5.41) is 3.08. The quantitative estimate of drug-likeness (QED) is 0.919. The molecule has 0 aliphatic heterocycles. The fourth-order valence-electron chi connectivity index (χ4n) is 1.82. The summed E-state index contributed by atoms with van der Waals surface area (Å²) in [6, 6.07) is 8.25. The standard InChI is InChI=1S/C14H17BrN4/c1-16-7-12-8-17-14(18-9-12)19(2)10-11-4-3-5-13(15)6-11/h3-6,8-9,16H,7,10H2,1-2H3. The van der Waals surface area contributed by atoms with Gasteiger partial charge in [-0.25, -0.2) is 9.97 Å². The number of nitrogens with one attached hydrogen (secondary N) is 1. The van der Waals surface area contributed by atoms with Crippen molar-refractivity contribution in [3.63, 3.8) is 0 Å². The maximum Gasteiger partial charge on any atom is 0.225 e. The molecule has 0 aliphatic rings. The molecule has 0 saturated heterocycles. The Morgan fingerprint density at radius 1 is 1.21 bits per heavy atom. The fourth-order valence-corrected chi connectivity index (χ4v) is 2.27. The molecule has 1 aromatic heterocycles. The monoisotopic (exact) mass is 320 g/mol. The highest BCUT2D eigenvalue weighted by atomic mass is 79.9. The van der Waals surface area contributed by atoms with Crippen molar-refractivity contribution in [3.05, 3.63) is 52.3 Å². The number of hydrogen-bond donors (Lipinski definition) is 1. The lowest BCUT2D eigenvalue weighted by atomic mass is 10.2. The minimum Gasteiger partial charge on any atom is -0.340 e. The van der Waals surface area contributed by atoms with Crippen LogP contribution < -0.4 is 10.2 Å². The first-order chi connectivity index (χ1) is 9.19. The lowest BCUT2D eigenvalue weighted by Gasteiger charge is -2.17. The Kier molecular flexibility index (Phi) is 4.87. The molecule has 0 unspecified atom stereocenters. The molecule has 1 N–H and O–H groups in total. The highest BCUT2D eigenvalue weighted by Gasteiger charge is 2.05. The highest BCUT2D eigenvalue weighted by molar-refractivity contribution is 9.10. The van der Waals surface area contributed by atoms with Gasteiger partial charge in [-0.1, -0.05) is 28.1 Å². The van der Waals surface area contributed by atoms with E-state index < -0.39 is 0 Å². The second kappa shape index (κ2) is 6.63. The Bertz CT molecular complexity index is 527. The van der Waals surface area contributed by atoms with Crippen molar-refractivity contribution in [2.24, 2.45) is 0 Å². The van der Waals surface area contributed by atoms with Gasteiger partial charge in [0.1, 0.15) is 0 Å². The van der Waals surface area contributed by atoms with Crippen molar-refractivity contribution in [1.29, 1.82) is 0 Å². The van der Waals surface area contributed by atoms with E-state index in [-0.39, 0.29) is 0 Å². The summed E-state index contributed by atoms with van der Waals surface area (Å²) < 4.78 is 1.09. The van der Waals surface area contributed by atoms with Gasteiger partial charge in [0.25, 0.3) is 0 Å². The van der Waals surface area contributed by atoms with Crippen LogP contribution in [0.15, 0.2) is 41.1 Å². The Morgan fingerprint density at radius 2 is 1.95 bits per heavy atom. The summed E-state index contributed by atoms with van der Waals surface area (Å²) in [5.74, 6) is 0.736. The molecule has 1 heterocycles. The van der Waals surface area contributed by atoms with Crippen molar-refractivity contribution < 1.29 is 0 Å². The molecule has 0 fully saturated rings. The number of nitrogens with zero attached hydrogens (tertiary/aromatic N) is 3. The summed E-state index contributed by atoms with van der Waals surface area (Å²) in [6.07, 6.45) is 3.71. The van der Waals surface area contributed by atoms with Gasteiger partial charge in [0.15, 0.2) is 0 Å². The van der Waals surface area contributed by atoms with Gasteiger partial charge >= 0.3 is 0 Å². The van der Waals surface area contributed by atoms with E-state index in [1.165, 1.54) is 5.56 Å². The van der Waals surface area contributed by atoms with Gasteiger partial charge < -0.3 is 10.2 Å². The second-order valence-electron chi connectivity index (χ2n) is 4.41. The van der Waals surface area contributed by atoms with Gasteiger partial charge in [-0.15, -0.1) is 0 Å². The fraction of sp³-hybridized carbons (Fsp3) is 0.286. The van der Waals surface area contributed by atoms with Gasteiger partial charge in [-0.05, 0) is 24.7 Å². The van der Waals surface area contributed by atoms with Crippen LogP contribution in [0.5, 0.6) is 0 Å². The third-order valence-corrected chi connectivity index (χ3v) is 3.22. The lowest BCUT2D eigenvalue weighted by molar-refractivity contribution is 0.797. The van der Waals surface area contributed by atoms with Crippen LogP contribution in [0, 0.1) is 0 Å². The largest absolute Gasteiger partial charge is 0.340 e. The number of anilines is 1. The van der Waals surface area contributed by atoms with Crippen LogP contribution in [0.3, 0.4) is 0 Å². The van der Waals surface area contributed by atoms with Crippen LogP contribution in [0.4, 0.5) is 5.95 Å². The van der Waals surface area contributed by atoms with Gasteiger partial charge in [-0.2, -0.15) is 0 Å². The van der Waals surface area contributed by atoms with E-state index in [1.807, 2.05) is 43.5 Å². The summed E-state index contributed by atoms with van der Waals surface area (Å²) >= 11 is 3.48. The minimum absolute atomic E-state index is 0.736. The number of hydrogen-bond acceptors (Lipinski definition) is 4. The average Bonchev–Trinajstić information content (AvgIpc) is 2.40. The lowest BCUT2D eigenvalue weighted by Crippen LogP contribution is -2.19. The van der Waals surface area contributed by atoms with Crippen LogP contribution in [0.1, 0.15) is 11.1 Å². The van der Waals surface area contributed by atoms with E-state index in [4.69, 9.17) is 0 Å². The second-order valence-corrected chi connectivity index (χ2v) is 5.32. The van der Waals surface area contributed by atoms with Crippen LogP contribution >= 0.6 is 15.9 Å². The Hall–Kier alpha value is -1.46. The number of aromatic nitrogens is 2. The first kappa shape index (κ1) is 14.0. The van der Waals surface area contributed by atoms with E-state index in [0.29, 0.717) is 0 Å². The molecule has 0 atom stereocenters. The van der Waals surface area contributed by atoms with Crippen molar-refractivity contribution in [2.45, 2.75) is 13.1 Å². The highest BCUT2D eigenvalue weighted by Crippen LogP contribution is 2.15. The molecule has 2 aromatic rings. The van der Waals surface area contributed by atoms with E-state index >= 15 is 0 Å². The van der Waals surface area contributed by atoms with Crippen LogP contribution in [0.25, 0.3) is 0 Å². The zero-order chi connectivity index (χ0) is 13.7. The molecular weight excluding hydrogens is 304 g/mol. The van der Waals surface area contributed by atoms with Gasteiger partial charge in [0, 0.05) is 42.6 Å². The maximum atomic E-state index is 4.38. The summed E-state index contributed by atoms with van der Waals surface area (Å²) in [4.78, 5) is 10.8. The molecule has 4 nitrogen and oxygen atoms in total. The number of benzene rings is 1. The first-order valence-electron chi connectivity index (χ1n) is 6.10. The van der Waals surface area contributed by atoms with Gasteiger partial charge in [0.05, 0.1) is 0 Å². The Morgan fingerprint density at radius 3 is 2.58 bits per heavy atom. The third-order valence-electron chi connectivity index (χ3n) is 2.72. The van der Waals surface area contributed by atoms with Crippen LogP contribution in [0.2, 0.25) is 0 Å². The third kappa shape index (κ3) is 4.01. The van der Waals surface area contributed by atoms with E-state index in [0.717, 1.165) is 29.1 Å². The molecule has 100 valence electrons. The van der Waals surface area contributed by atoms with E-state index in [1.54, 1.807) is 0 Å². The SMILES string of the molecule is CNCc1cnc(N(C)Cc2cccc(Br)c2)nc1. The normalized spacial score (nSPS) is 10.5. The molecule has 1 aromatic carbocycles. The molecule has 0 bridgehead atoms. The molecule has 0 radical (unpaired) electrons. The average molecular weight is 321 g/mol. The molecule has 0 amide bonds. The Labute approximate surface area is 122 Å². The molecule has 0 saturated carbocycles.